The fourth-order valence-corrected chi connectivity index (χ4v) is 9.15. The van der Waals surface area contributed by atoms with E-state index in [1.54, 1.807) is 38.5 Å². The van der Waals surface area contributed by atoms with Crippen molar-refractivity contribution in [2.45, 2.75) is 45.4 Å². The lowest BCUT2D eigenvalue weighted by molar-refractivity contribution is -0.409. The summed E-state index contributed by atoms with van der Waals surface area (Å²) in [6, 6.07) is 0. The van der Waals surface area contributed by atoms with Crippen molar-refractivity contribution in [2.24, 2.45) is 52.3 Å². The van der Waals surface area contributed by atoms with E-state index in [0.29, 0.717) is 0 Å². The van der Waals surface area contributed by atoms with E-state index < -0.39 is 0 Å². The molecule has 9 unspecified atom stereocenters. The van der Waals surface area contributed by atoms with Crippen LogP contribution in [0.3, 0.4) is 0 Å². The van der Waals surface area contributed by atoms with Crippen LogP contribution in [-0.4, -0.2) is 0 Å². The van der Waals surface area contributed by atoms with Gasteiger partial charge in [0.1, 0.15) is 0 Å². The van der Waals surface area contributed by atoms with Crippen LogP contribution in [-0.2, 0) is 0 Å². The second-order valence-corrected chi connectivity index (χ2v) is 8.40. The van der Waals surface area contributed by atoms with Crippen molar-refractivity contribution < 1.29 is 0 Å². The van der Waals surface area contributed by atoms with Gasteiger partial charge in [-0.15, -0.1) is 0 Å². The second-order valence-electron chi connectivity index (χ2n) is 8.40. The quantitative estimate of drug-likeness (QED) is 0.576. The van der Waals surface area contributed by atoms with Gasteiger partial charge in [-0.05, 0) is 90.8 Å². The van der Waals surface area contributed by atoms with Gasteiger partial charge in [0, 0.05) is 0 Å². The molecule has 16 heavy (non-hydrogen) atoms. The van der Waals surface area contributed by atoms with Gasteiger partial charge < -0.3 is 0 Å². The average Bonchev–Trinajstić information content (AvgIpc) is 2.39. The Kier molecular flexibility index (Phi) is 0.986. The van der Waals surface area contributed by atoms with Gasteiger partial charge in [0.25, 0.3) is 0 Å². The molecular weight excluding hydrogens is 192 g/mol. The van der Waals surface area contributed by atoms with Gasteiger partial charge in [-0.3, -0.25) is 0 Å². The first kappa shape index (κ1) is 8.16. The highest BCUT2D eigenvalue weighted by Gasteiger charge is 2.91. The lowest BCUT2D eigenvalue weighted by Gasteiger charge is -2.88. The summed E-state index contributed by atoms with van der Waals surface area (Å²) in [5.74, 6) is 8.40. The fourth-order valence-electron chi connectivity index (χ4n) is 9.15. The Balaban J connectivity index is 1.64. The van der Waals surface area contributed by atoms with Crippen LogP contribution in [0.4, 0.5) is 0 Å². The normalized spacial score (nSPS) is 80.4. The first-order valence-electron chi connectivity index (χ1n) is 7.79. The molecule has 6 aliphatic carbocycles. The molecule has 2 bridgehead atoms. The predicted molar refractivity (Wildman–Crippen MR) is 62.7 cm³/mol. The zero-order chi connectivity index (χ0) is 10.3. The first-order valence-corrected chi connectivity index (χ1v) is 7.79. The molecule has 0 amide bonds. The molecule has 86 valence electrons. The molecule has 0 aromatic carbocycles. The van der Waals surface area contributed by atoms with Gasteiger partial charge in [0.15, 0.2) is 0 Å². The SMILES string of the molecule is CC1CC2CC3C2C24C5CCC(CC32C5)C14. The molecule has 0 heterocycles. The summed E-state index contributed by atoms with van der Waals surface area (Å²) < 4.78 is 0. The Morgan fingerprint density at radius 2 is 1.88 bits per heavy atom. The Labute approximate surface area is 98.2 Å². The largest absolute Gasteiger partial charge is 0.0622 e. The molecule has 0 saturated heterocycles. The Morgan fingerprint density at radius 1 is 0.938 bits per heavy atom. The van der Waals surface area contributed by atoms with Crippen molar-refractivity contribution in [3.8, 4) is 0 Å². The highest BCUT2D eigenvalue weighted by molar-refractivity contribution is 5.39. The summed E-state index contributed by atoms with van der Waals surface area (Å²) in [7, 11) is 0. The summed E-state index contributed by atoms with van der Waals surface area (Å²) >= 11 is 0. The molecule has 9 atom stereocenters. The fraction of sp³-hybridized carbons (Fsp3) is 1.00. The molecule has 6 fully saturated rings. The van der Waals surface area contributed by atoms with E-state index in [1.807, 2.05) is 0 Å². The minimum absolute atomic E-state index is 0.958. The molecule has 6 saturated carbocycles. The van der Waals surface area contributed by atoms with Crippen LogP contribution < -0.4 is 0 Å². The highest BCUT2D eigenvalue weighted by Crippen LogP contribution is 2.97. The van der Waals surface area contributed by atoms with Crippen LogP contribution in [0.15, 0.2) is 0 Å². The van der Waals surface area contributed by atoms with Crippen molar-refractivity contribution >= 4 is 0 Å². The molecule has 0 heteroatoms. The van der Waals surface area contributed by atoms with Crippen molar-refractivity contribution in [2.75, 3.05) is 0 Å². The van der Waals surface area contributed by atoms with E-state index in [1.165, 1.54) is 35.5 Å². The smallest absolute Gasteiger partial charge is 0.0142 e. The standard InChI is InChI=1S/C16H22/c1-8-4-10-5-12-14(10)16-11-3-2-9(13(8)16)6-15(12,16)7-11/h8-14H,2-7H2,1H3. The highest BCUT2D eigenvalue weighted by atomic mass is 15.0. The summed E-state index contributed by atoms with van der Waals surface area (Å²) in [6.45, 7) is 2.62. The lowest BCUT2D eigenvalue weighted by atomic mass is 9.16. The van der Waals surface area contributed by atoms with Gasteiger partial charge in [-0.2, -0.15) is 0 Å². The van der Waals surface area contributed by atoms with Crippen molar-refractivity contribution in [3.63, 3.8) is 0 Å². The number of hydrogen-bond donors (Lipinski definition) is 0. The van der Waals surface area contributed by atoms with Gasteiger partial charge in [-0.25, -0.2) is 0 Å². The molecule has 1 spiro atoms. The molecule has 6 aliphatic rings. The molecule has 0 aromatic heterocycles. The zero-order valence-electron chi connectivity index (χ0n) is 10.3. The minimum Gasteiger partial charge on any atom is -0.0622 e. The van der Waals surface area contributed by atoms with Crippen molar-refractivity contribution in [1.82, 2.24) is 0 Å². The average molecular weight is 214 g/mol. The molecular formula is C16H22. The van der Waals surface area contributed by atoms with Crippen LogP contribution in [0.2, 0.25) is 0 Å². The van der Waals surface area contributed by atoms with E-state index in [2.05, 4.69) is 6.92 Å². The minimum atomic E-state index is 0.958. The van der Waals surface area contributed by atoms with Crippen LogP contribution in [0.1, 0.15) is 45.4 Å². The number of hydrogen-bond acceptors (Lipinski definition) is 0. The molecule has 0 N–H and O–H groups in total. The van der Waals surface area contributed by atoms with Crippen LogP contribution >= 0.6 is 0 Å². The van der Waals surface area contributed by atoms with Gasteiger partial charge in [0.2, 0.25) is 0 Å². The second kappa shape index (κ2) is 1.93. The monoisotopic (exact) mass is 214 g/mol. The Morgan fingerprint density at radius 3 is 2.81 bits per heavy atom. The summed E-state index contributed by atoms with van der Waals surface area (Å²) in [5.41, 5.74) is 1.93. The first-order chi connectivity index (χ1) is 7.79. The maximum Gasteiger partial charge on any atom is -0.0142 e. The third-order valence-corrected chi connectivity index (χ3v) is 8.77. The molecule has 0 nitrogen and oxygen atoms in total. The van der Waals surface area contributed by atoms with Crippen LogP contribution in [0.25, 0.3) is 0 Å². The van der Waals surface area contributed by atoms with E-state index in [4.69, 9.17) is 0 Å². The van der Waals surface area contributed by atoms with Gasteiger partial charge in [0.05, 0.1) is 0 Å². The van der Waals surface area contributed by atoms with Crippen molar-refractivity contribution in [1.29, 1.82) is 0 Å². The van der Waals surface area contributed by atoms with E-state index >= 15 is 0 Å². The molecule has 0 aromatic rings. The summed E-state index contributed by atoms with van der Waals surface area (Å²) in [5, 5.41) is 0. The predicted octanol–water partition coefficient (Wildman–Crippen LogP) is 3.71. The van der Waals surface area contributed by atoms with Crippen LogP contribution in [0.5, 0.6) is 0 Å². The van der Waals surface area contributed by atoms with Gasteiger partial charge in [-0.1, -0.05) is 6.92 Å². The number of rotatable bonds is 0. The maximum atomic E-state index is 2.62. The zero-order valence-corrected chi connectivity index (χ0v) is 10.3. The van der Waals surface area contributed by atoms with Crippen molar-refractivity contribution in [3.05, 3.63) is 0 Å². The van der Waals surface area contributed by atoms with E-state index in [0.717, 1.165) is 16.7 Å². The Bertz CT molecular complexity index is 412. The summed E-state index contributed by atoms with van der Waals surface area (Å²) in [4.78, 5) is 0. The molecule has 0 radical (unpaired) electrons. The summed E-state index contributed by atoms with van der Waals surface area (Å²) in [6.07, 6.45) is 9.89. The van der Waals surface area contributed by atoms with Crippen LogP contribution in [0, 0.1) is 52.3 Å². The Hall–Kier alpha value is 0. The lowest BCUT2D eigenvalue weighted by Crippen LogP contribution is -2.83. The van der Waals surface area contributed by atoms with E-state index in [9.17, 15) is 0 Å². The van der Waals surface area contributed by atoms with Gasteiger partial charge >= 0.3 is 0 Å². The molecule has 6 rings (SSSR count). The maximum absolute atomic E-state index is 2.62. The topological polar surface area (TPSA) is 0 Å². The third kappa shape index (κ3) is 0.456. The third-order valence-electron chi connectivity index (χ3n) is 8.77. The molecule has 0 aliphatic heterocycles. The van der Waals surface area contributed by atoms with E-state index in [-0.39, 0.29) is 0 Å².